The molecule has 0 aromatic heterocycles. The first-order chi connectivity index (χ1) is 10.5. The Kier molecular flexibility index (Phi) is 3.94. The molecule has 4 N–H and O–H groups in total. The first-order valence-electron chi connectivity index (χ1n) is 7.59. The highest BCUT2D eigenvalue weighted by molar-refractivity contribution is 5.48. The molecular formula is C18H21NO3. The summed E-state index contributed by atoms with van der Waals surface area (Å²) in [4.78, 5) is 0. The van der Waals surface area contributed by atoms with Crippen molar-refractivity contribution >= 4 is 0 Å². The molecule has 1 aliphatic rings. The van der Waals surface area contributed by atoms with Crippen LogP contribution < -0.4 is 5.32 Å². The van der Waals surface area contributed by atoms with Crippen molar-refractivity contribution in [3.05, 3.63) is 53.1 Å². The van der Waals surface area contributed by atoms with Gasteiger partial charge in [-0.15, -0.1) is 0 Å². The van der Waals surface area contributed by atoms with Crippen molar-refractivity contribution < 1.29 is 15.3 Å². The van der Waals surface area contributed by atoms with Crippen LogP contribution in [0.3, 0.4) is 0 Å². The molecule has 1 atom stereocenters. The number of benzene rings is 2. The van der Waals surface area contributed by atoms with Gasteiger partial charge < -0.3 is 20.6 Å². The van der Waals surface area contributed by atoms with E-state index in [1.807, 2.05) is 12.1 Å². The minimum Gasteiger partial charge on any atom is -0.508 e. The van der Waals surface area contributed by atoms with E-state index in [-0.39, 0.29) is 17.2 Å². The maximum absolute atomic E-state index is 9.58. The van der Waals surface area contributed by atoms with Crippen molar-refractivity contribution in [3.63, 3.8) is 0 Å². The Balaban J connectivity index is 1.59. The summed E-state index contributed by atoms with van der Waals surface area (Å²) in [7, 11) is 0. The molecule has 0 saturated heterocycles. The molecule has 3 rings (SSSR count). The lowest BCUT2D eigenvalue weighted by atomic mass is 10.1. The summed E-state index contributed by atoms with van der Waals surface area (Å²) in [5.41, 5.74) is 3.39. The third kappa shape index (κ3) is 3.17. The number of fused-ring (bicyclic) bond motifs is 1. The second kappa shape index (κ2) is 5.89. The largest absolute Gasteiger partial charge is 0.508 e. The quantitative estimate of drug-likeness (QED) is 0.655. The molecule has 1 unspecified atom stereocenters. The molecule has 2 aromatic carbocycles. The topological polar surface area (TPSA) is 72.7 Å². The van der Waals surface area contributed by atoms with Crippen molar-refractivity contribution in [2.45, 2.75) is 38.3 Å². The van der Waals surface area contributed by atoms with Gasteiger partial charge in [0, 0.05) is 12.1 Å². The van der Waals surface area contributed by atoms with Crippen LogP contribution in [0.25, 0.3) is 0 Å². The number of rotatable bonds is 4. The molecule has 0 fully saturated rings. The molecule has 0 radical (unpaired) electrons. The molecule has 0 bridgehead atoms. The van der Waals surface area contributed by atoms with E-state index in [1.165, 1.54) is 5.56 Å². The smallest absolute Gasteiger partial charge is 0.157 e. The van der Waals surface area contributed by atoms with E-state index in [9.17, 15) is 15.3 Å². The van der Waals surface area contributed by atoms with Gasteiger partial charge >= 0.3 is 0 Å². The van der Waals surface area contributed by atoms with E-state index in [2.05, 4.69) is 12.2 Å². The summed E-state index contributed by atoms with van der Waals surface area (Å²) in [6.45, 7) is 2.14. The lowest BCUT2D eigenvalue weighted by molar-refractivity contribution is 0.403. The number of aromatic hydroxyl groups is 3. The van der Waals surface area contributed by atoms with Crippen molar-refractivity contribution in [2.24, 2.45) is 0 Å². The van der Waals surface area contributed by atoms with E-state index in [0.717, 1.165) is 30.4 Å². The fraction of sp³-hybridized carbons (Fsp3) is 0.333. The zero-order valence-electron chi connectivity index (χ0n) is 12.6. The van der Waals surface area contributed by atoms with Crippen LogP contribution in [0.1, 0.15) is 23.6 Å². The van der Waals surface area contributed by atoms with E-state index in [1.54, 1.807) is 24.3 Å². The highest BCUT2D eigenvalue weighted by atomic mass is 16.3. The number of phenolic OH excluding ortho intramolecular Hbond substituents is 3. The van der Waals surface area contributed by atoms with Crippen LogP contribution in [0.2, 0.25) is 0 Å². The van der Waals surface area contributed by atoms with Crippen LogP contribution in [-0.2, 0) is 19.3 Å². The molecule has 4 heteroatoms. The summed E-state index contributed by atoms with van der Waals surface area (Å²) in [6, 6.07) is 11.3. The molecule has 2 aromatic rings. The maximum atomic E-state index is 9.58. The first kappa shape index (κ1) is 14.7. The zero-order chi connectivity index (χ0) is 15.7. The molecule has 1 aliphatic carbocycles. The van der Waals surface area contributed by atoms with Crippen molar-refractivity contribution in [1.29, 1.82) is 0 Å². The minimum atomic E-state index is -0.0449. The molecule has 0 saturated carbocycles. The summed E-state index contributed by atoms with van der Waals surface area (Å²) in [5, 5.41) is 32.1. The lowest BCUT2D eigenvalue weighted by Crippen LogP contribution is -2.38. The lowest BCUT2D eigenvalue weighted by Gasteiger charge is -2.19. The summed E-state index contributed by atoms with van der Waals surface area (Å²) in [6.07, 6.45) is 2.62. The highest BCUT2D eigenvalue weighted by Gasteiger charge is 2.24. The summed E-state index contributed by atoms with van der Waals surface area (Å²) < 4.78 is 0. The third-order valence-corrected chi connectivity index (χ3v) is 4.23. The Morgan fingerprint density at radius 2 is 1.55 bits per heavy atom. The van der Waals surface area contributed by atoms with Crippen molar-refractivity contribution in [3.8, 4) is 17.2 Å². The fourth-order valence-corrected chi connectivity index (χ4v) is 3.21. The summed E-state index contributed by atoms with van der Waals surface area (Å²) in [5.74, 6) is 0.198. The maximum Gasteiger partial charge on any atom is 0.157 e. The monoisotopic (exact) mass is 299 g/mol. The number of phenols is 3. The first-order valence-corrected chi connectivity index (χ1v) is 7.59. The molecule has 116 valence electrons. The highest BCUT2D eigenvalue weighted by Crippen LogP contribution is 2.33. The molecule has 4 nitrogen and oxygen atoms in total. The second-order valence-corrected chi connectivity index (χ2v) is 6.15. The Morgan fingerprint density at radius 1 is 1.00 bits per heavy atom. The predicted octanol–water partition coefficient (Wildman–Crippen LogP) is 2.49. The molecule has 22 heavy (non-hydrogen) atoms. The van der Waals surface area contributed by atoms with Gasteiger partial charge in [0.2, 0.25) is 0 Å². The van der Waals surface area contributed by atoms with E-state index >= 15 is 0 Å². The fourth-order valence-electron chi connectivity index (χ4n) is 3.21. The SMILES string of the molecule is CC(Cc1ccc(O)cc1)NC1Cc2cc(O)c(O)cc2C1. The van der Waals surface area contributed by atoms with Gasteiger partial charge in [0.1, 0.15) is 5.75 Å². The van der Waals surface area contributed by atoms with Gasteiger partial charge in [-0.05, 0) is 67.1 Å². The molecule has 0 heterocycles. The number of hydrogen-bond acceptors (Lipinski definition) is 4. The Hall–Kier alpha value is -2.20. The Labute approximate surface area is 130 Å². The van der Waals surface area contributed by atoms with Crippen LogP contribution in [0.4, 0.5) is 0 Å². The molecule has 0 amide bonds. The van der Waals surface area contributed by atoms with E-state index in [0.29, 0.717) is 12.1 Å². The van der Waals surface area contributed by atoms with Crippen molar-refractivity contribution in [2.75, 3.05) is 0 Å². The van der Waals surface area contributed by atoms with Crippen molar-refractivity contribution in [1.82, 2.24) is 5.32 Å². The van der Waals surface area contributed by atoms with Crippen LogP contribution in [0.5, 0.6) is 17.2 Å². The average Bonchev–Trinajstić information content (AvgIpc) is 2.83. The van der Waals surface area contributed by atoms with Gasteiger partial charge in [-0.3, -0.25) is 0 Å². The van der Waals surface area contributed by atoms with Gasteiger partial charge in [-0.1, -0.05) is 12.1 Å². The standard InChI is InChI=1S/C18H21NO3/c1-11(6-12-2-4-16(20)5-3-12)19-15-7-13-9-17(21)18(22)10-14(13)8-15/h2-5,9-11,15,19-22H,6-8H2,1H3. The molecular weight excluding hydrogens is 278 g/mol. The third-order valence-electron chi connectivity index (χ3n) is 4.23. The second-order valence-electron chi connectivity index (χ2n) is 6.15. The zero-order valence-corrected chi connectivity index (χ0v) is 12.6. The average molecular weight is 299 g/mol. The normalized spacial score (nSPS) is 15.7. The van der Waals surface area contributed by atoms with Gasteiger partial charge in [0.15, 0.2) is 11.5 Å². The predicted molar refractivity (Wildman–Crippen MR) is 85.4 cm³/mol. The van der Waals surface area contributed by atoms with Crippen LogP contribution >= 0.6 is 0 Å². The Morgan fingerprint density at radius 3 is 2.09 bits per heavy atom. The van der Waals surface area contributed by atoms with Gasteiger partial charge in [-0.2, -0.15) is 0 Å². The van der Waals surface area contributed by atoms with Crippen LogP contribution in [0, 0.1) is 0 Å². The van der Waals surface area contributed by atoms with Gasteiger partial charge in [-0.25, -0.2) is 0 Å². The van der Waals surface area contributed by atoms with Crippen LogP contribution in [-0.4, -0.2) is 27.4 Å². The van der Waals surface area contributed by atoms with E-state index in [4.69, 9.17) is 0 Å². The summed E-state index contributed by atoms with van der Waals surface area (Å²) >= 11 is 0. The van der Waals surface area contributed by atoms with E-state index < -0.39 is 0 Å². The van der Waals surface area contributed by atoms with Crippen LogP contribution in [0.15, 0.2) is 36.4 Å². The minimum absolute atomic E-state index is 0.0449. The Bertz CT molecular complexity index is 636. The number of nitrogens with one attached hydrogen (secondary N) is 1. The molecule has 0 aliphatic heterocycles. The molecule has 0 spiro atoms. The van der Waals surface area contributed by atoms with Gasteiger partial charge in [0.25, 0.3) is 0 Å². The van der Waals surface area contributed by atoms with Gasteiger partial charge in [0.05, 0.1) is 0 Å². The number of hydrogen-bond donors (Lipinski definition) is 4.